The molecule has 4 aromatic rings. The monoisotopic (exact) mass is 474 g/mol. The first kappa shape index (κ1) is 22.5. The van der Waals surface area contributed by atoms with Gasteiger partial charge in [-0.1, -0.05) is 65.8 Å². The summed E-state index contributed by atoms with van der Waals surface area (Å²) in [5, 5.41) is 3.55. The molecule has 0 atom stereocenters. The molecule has 0 N–H and O–H groups in total. The van der Waals surface area contributed by atoms with Crippen LogP contribution in [0, 0.1) is 17.8 Å². The summed E-state index contributed by atoms with van der Waals surface area (Å²) in [6.45, 7) is 14.3. The maximum Gasteiger partial charge on any atom is 0.148 e. The van der Waals surface area contributed by atoms with Crippen molar-refractivity contribution >= 4 is 44.9 Å². The minimum atomic E-state index is -1.85. The molecule has 2 aromatic heterocycles. The second kappa shape index (κ2) is 8.52. The number of hydrogen-bond acceptors (Lipinski definition) is 4. The van der Waals surface area contributed by atoms with Crippen LogP contribution < -0.4 is 9.24 Å². The van der Waals surface area contributed by atoms with E-state index < -0.39 is 8.07 Å². The van der Waals surface area contributed by atoms with Crippen LogP contribution in [0.5, 0.6) is 11.5 Å². The molecule has 1 aliphatic rings. The number of fused-ring (bicyclic) bond motifs is 3. The second-order valence-electron chi connectivity index (χ2n) is 11.0. The number of aromatic nitrogens is 2. The molecular weight excluding hydrogens is 440 g/mol. The van der Waals surface area contributed by atoms with Crippen molar-refractivity contribution in [2.24, 2.45) is 17.8 Å². The van der Waals surface area contributed by atoms with Crippen molar-refractivity contribution in [2.45, 2.75) is 59.7 Å². The highest BCUT2D eigenvalue weighted by atomic mass is 32.1. The number of rotatable bonds is 7. The van der Waals surface area contributed by atoms with Crippen molar-refractivity contribution in [2.75, 3.05) is 0 Å². The zero-order valence-corrected chi connectivity index (χ0v) is 22.4. The van der Waals surface area contributed by atoms with Crippen molar-refractivity contribution in [3.05, 3.63) is 42.7 Å². The van der Waals surface area contributed by atoms with Gasteiger partial charge in [-0.15, -0.1) is 11.3 Å². The van der Waals surface area contributed by atoms with E-state index in [1.54, 1.807) is 6.33 Å². The van der Waals surface area contributed by atoms with Gasteiger partial charge in [-0.05, 0) is 58.8 Å². The third kappa shape index (κ3) is 3.99. The zero-order chi connectivity index (χ0) is 23.3. The fourth-order valence-electron chi connectivity index (χ4n) is 6.03. The Balaban J connectivity index is 1.78. The fourth-order valence-corrected chi connectivity index (χ4v) is 15.2. The Kier molecular flexibility index (Phi) is 5.82. The number of nitrogens with zero attached hydrogens (tertiary/aromatic N) is 2. The van der Waals surface area contributed by atoms with Crippen LogP contribution in [0.3, 0.4) is 0 Å². The third-order valence-corrected chi connectivity index (χ3v) is 15.1. The quantitative estimate of drug-likeness (QED) is 0.223. The van der Waals surface area contributed by atoms with Crippen molar-refractivity contribution < 1.29 is 4.74 Å². The Morgan fingerprint density at radius 1 is 0.848 bits per heavy atom. The smallest absolute Gasteiger partial charge is 0.148 e. The van der Waals surface area contributed by atoms with Crippen LogP contribution in [-0.4, -0.2) is 18.0 Å². The summed E-state index contributed by atoms with van der Waals surface area (Å²) < 4.78 is 8.35. The van der Waals surface area contributed by atoms with E-state index in [9.17, 15) is 0 Å². The topological polar surface area (TPSA) is 35.0 Å². The number of benzene rings is 2. The van der Waals surface area contributed by atoms with Crippen LogP contribution in [0.1, 0.15) is 41.5 Å². The first-order valence-electron chi connectivity index (χ1n) is 12.3. The van der Waals surface area contributed by atoms with E-state index in [1.807, 2.05) is 11.3 Å². The third-order valence-electron chi connectivity index (χ3n) is 6.64. The number of hydrogen-bond donors (Lipinski definition) is 0. The molecule has 0 spiro atoms. The van der Waals surface area contributed by atoms with E-state index in [2.05, 4.69) is 77.9 Å². The standard InChI is InChI=1S/C28H34N2OSSi/c1-17(2)13-33(14-18(3)4,15-19(5)6)28-26-24-25(29-16-30-27(24)32-28)22-11-20-9-7-8-10-21(20)12-23(22)31-26/h7-12,16-19H,13-15H2,1-6H3. The van der Waals surface area contributed by atoms with Gasteiger partial charge in [0.05, 0.1) is 11.1 Å². The van der Waals surface area contributed by atoms with E-state index in [0.29, 0.717) is 17.8 Å². The van der Waals surface area contributed by atoms with Crippen LogP contribution in [0.4, 0.5) is 0 Å². The van der Waals surface area contributed by atoms with Gasteiger partial charge < -0.3 is 4.74 Å². The van der Waals surface area contributed by atoms with Gasteiger partial charge in [0.25, 0.3) is 0 Å². The Morgan fingerprint density at radius 3 is 2.06 bits per heavy atom. The van der Waals surface area contributed by atoms with E-state index in [0.717, 1.165) is 33.0 Å². The molecular formula is C28H34N2OSSi. The van der Waals surface area contributed by atoms with E-state index >= 15 is 0 Å². The molecule has 5 heteroatoms. The van der Waals surface area contributed by atoms with Gasteiger partial charge in [0.2, 0.25) is 0 Å². The fraction of sp³-hybridized carbons (Fsp3) is 0.429. The van der Waals surface area contributed by atoms with Crippen molar-refractivity contribution in [1.29, 1.82) is 0 Å². The molecule has 1 aliphatic heterocycles. The molecule has 172 valence electrons. The highest BCUT2D eigenvalue weighted by Crippen LogP contribution is 2.50. The molecule has 0 saturated carbocycles. The maximum absolute atomic E-state index is 6.84. The minimum absolute atomic E-state index is 0.664. The SMILES string of the molecule is CC(C)C[Si](CC(C)C)(CC(C)C)c1sc2ncnc3c2c1Oc1cc2ccccc2cc1-3. The van der Waals surface area contributed by atoms with Crippen LogP contribution in [0.25, 0.3) is 32.2 Å². The van der Waals surface area contributed by atoms with E-state index in [-0.39, 0.29) is 0 Å². The number of thiophene rings is 1. The minimum Gasteiger partial charge on any atom is -0.455 e. The molecule has 0 unspecified atom stereocenters. The highest BCUT2D eigenvalue weighted by Gasteiger charge is 2.43. The number of ether oxygens (including phenoxy) is 1. The molecule has 0 radical (unpaired) electrons. The molecule has 0 aliphatic carbocycles. The van der Waals surface area contributed by atoms with E-state index in [4.69, 9.17) is 14.7 Å². The first-order valence-corrected chi connectivity index (χ1v) is 15.7. The molecule has 3 nitrogen and oxygen atoms in total. The van der Waals surface area contributed by atoms with Crippen molar-refractivity contribution in [1.82, 2.24) is 9.97 Å². The van der Waals surface area contributed by atoms with Gasteiger partial charge in [0, 0.05) is 10.1 Å². The Labute approximate surface area is 202 Å². The van der Waals surface area contributed by atoms with Crippen LogP contribution in [0.2, 0.25) is 18.1 Å². The zero-order valence-electron chi connectivity index (χ0n) is 20.6. The lowest BCUT2D eigenvalue weighted by Crippen LogP contribution is -2.49. The summed E-state index contributed by atoms with van der Waals surface area (Å²) in [5.74, 6) is 4.00. The molecule has 0 fully saturated rings. The molecule has 0 saturated heterocycles. The van der Waals surface area contributed by atoms with Gasteiger partial charge in [0.15, 0.2) is 0 Å². The summed E-state index contributed by atoms with van der Waals surface area (Å²) in [4.78, 5) is 10.6. The van der Waals surface area contributed by atoms with Crippen LogP contribution >= 0.6 is 11.3 Å². The van der Waals surface area contributed by atoms with Gasteiger partial charge in [-0.2, -0.15) is 0 Å². The van der Waals surface area contributed by atoms with Gasteiger partial charge in [-0.25, -0.2) is 9.97 Å². The average Bonchev–Trinajstić information content (AvgIpc) is 3.11. The lowest BCUT2D eigenvalue weighted by Gasteiger charge is -2.36. The Morgan fingerprint density at radius 2 is 1.45 bits per heavy atom. The van der Waals surface area contributed by atoms with E-state index in [1.165, 1.54) is 33.4 Å². The molecule has 0 amide bonds. The molecule has 5 rings (SSSR count). The predicted octanol–water partition coefficient (Wildman–Crippen LogP) is 8.24. The van der Waals surface area contributed by atoms with Crippen LogP contribution in [-0.2, 0) is 0 Å². The first-order chi connectivity index (χ1) is 15.8. The molecule has 2 aromatic carbocycles. The average molecular weight is 475 g/mol. The maximum atomic E-state index is 6.84. The van der Waals surface area contributed by atoms with Gasteiger partial charge in [-0.3, -0.25) is 0 Å². The van der Waals surface area contributed by atoms with Crippen molar-refractivity contribution in [3.8, 4) is 22.8 Å². The lowest BCUT2D eigenvalue weighted by atomic mass is 10.0. The summed E-state index contributed by atoms with van der Waals surface area (Å²) in [7, 11) is -1.85. The van der Waals surface area contributed by atoms with Gasteiger partial charge >= 0.3 is 0 Å². The second-order valence-corrected chi connectivity index (χ2v) is 16.7. The normalized spacial score (nSPS) is 13.4. The largest absolute Gasteiger partial charge is 0.455 e. The summed E-state index contributed by atoms with van der Waals surface area (Å²) >= 11 is 1.90. The molecule has 3 heterocycles. The predicted molar refractivity (Wildman–Crippen MR) is 145 cm³/mol. The highest BCUT2D eigenvalue weighted by molar-refractivity contribution is 7.32. The molecule has 33 heavy (non-hydrogen) atoms. The molecule has 0 bridgehead atoms. The lowest BCUT2D eigenvalue weighted by molar-refractivity contribution is 0.491. The summed E-state index contributed by atoms with van der Waals surface area (Å²) in [6.07, 6.45) is 1.74. The van der Waals surface area contributed by atoms with Gasteiger partial charge in [0.1, 0.15) is 30.7 Å². The Bertz CT molecular complexity index is 1300. The van der Waals surface area contributed by atoms with Crippen LogP contribution in [0.15, 0.2) is 42.7 Å². The van der Waals surface area contributed by atoms with Crippen molar-refractivity contribution in [3.63, 3.8) is 0 Å². The summed E-state index contributed by atoms with van der Waals surface area (Å²) in [5.41, 5.74) is 2.12. The summed E-state index contributed by atoms with van der Waals surface area (Å²) in [6, 6.07) is 16.8. The Hall–Kier alpha value is -2.24.